The fraction of sp³-hybridized carbons (Fsp3) is 0.312. The summed E-state index contributed by atoms with van der Waals surface area (Å²) in [6.45, 7) is 1.81. The molecule has 0 saturated heterocycles. The average Bonchev–Trinajstić information content (AvgIpc) is 2.53. The van der Waals surface area contributed by atoms with Gasteiger partial charge in [-0.15, -0.1) is 0 Å². The Labute approximate surface area is 118 Å². The second-order valence-electron chi connectivity index (χ2n) is 4.87. The van der Waals surface area contributed by atoms with Crippen molar-refractivity contribution in [1.82, 2.24) is 10.3 Å². The van der Waals surface area contributed by atoms with Crippen LogP contribution >= 0.6 is 0 Å². The molecule has 1 atom stereocenters. The van der Waals surface area contributed by atoms with E-state index in [0.717, 1.165) is 24.6 Å². The molecule has 0 amide bonds. The predicted molar refractivity (Wildman–Crippen MR) is 77.3 cm³/mol. The van der Waals surface area contributed by atoms with E-state index in [1.165, 1.54) is 16.7 Å². The Morgan fingerprint density at radius 1 is 1.15 bits per heavy atom. The molecule has 2 heterocycles. The van der Waals surface area contributed by atoms with Gasteiger partial charge >= 0.3 is 0 Å². The number of nitrogens with one attached hydrogen (secondary N) is 1. The first-order chi connectivity index (χ1) is 9.83. The molecular formula is C16H18N2O2. The molecule has 1 aliphatic heterocycles. The van der Waals surface area contributed by atoms with Crippen LogP contribution in [0, 0.1) is 0 Å². The third-order valence-corrected chi connectivity index (χ3v) is 3.79. The van der Waals surface area contributed by atoms with Crippen molar-refractivity contribution < 1.29 is 9.47 Å². The van der Waals surface area contributed by atoms with E-state index >= 15 is 0 Å². The Kier molecular flexibility index (Phi) is 3.56. The largest absolute Gasteiger partial charge is 0.493 e. The van der Waals surface area contributed by atoms with Crippen molar-refractivity contribution in [2.45, 2.75) is 12.5 Å². The van der Waals surface area contributed by atoms with E-state index in [2.05, 4.69) is 28.5 Å². The molecule has 1 N–H and O–H groups in total. The van der Waals surface area contributed by atoms with Crippen LogP contribution in [0.5, 0.6) is 11.5 Å². The van der Waals surface area contributed by atoms with Crippen molar-refractivity contribution in [2.24, 2.45) is 0 Å². The Hall–Kier alpha value is -2.07. The first kappa shape index (κ1) is 12.9. The number of nitrogens with zero attached hydrogens (tertiary/aromatic N) is 1. The molecule has 1 aliphatic rings. The Balaban J connectivity index is 2.02. The zero-order valence-corrected chi connectivity index (χ0v) is 11.7. The van der Waals surface area contributed by atoms with Gasteiger partial charge < -0.3 is 14.8 Å². The van der Waals surface area contributed by atoms with Crippen LogP contribution in [0.25, 0.3) is 0 Å². The van der Waals surface area contributed by atoms with Crippen LogP contribution < -0.4 is 14.8 Å². The molecule has 20 heavy (non-hydrogen) atoms. The molecular weight excluding hydrogens is 252 g/mol. The highest BCUT2D eigenvalue weighted by Crippen LogP contribution is 2.35. The zero-order valence-electron chi connectivity index (χ0n) is 11.7. The van der Waals surface area contributed by atoms with Crippen LogP contribution in [0.2, 0.25) is 0 Å². The molecule has 1 aromatic heterocycles. The van der Waals surface area contributed by atoms with Gasteiger partial charge in [0.25, 0.3) is 0 Å². The lowest BCUT2D eigenvalue weighted by Gasteiger charge is -2.26. The van der Waals surface area contributed by atoms with Crippen molar-refractivity contribution in [2.75, 3.05) is 20.8 Å². The van der Waals surface area contributed by atoms with Crippen LogP contribution in [0.15, 0.2) is 36.7 Å². The number of fused-ring (bicyclic) bond motifs is 1. The fourth-order valence-corrected chi connectivity index (χ4v) is 2.75. The lowest BCUT2D eigenvalue weighted by atomic mass is 9.86. The summed E-state index contributed by atoms with van der Waals surface area (Å²) in [7, 11) is 3.32. The standard InChI is InChI=1S/C16H18N2O2/c1-19-15-4-3-11(7-16(15)20-2)14-10-18-9-12-8-17-6-5-13(12)14/h3-8,14,18H,9-10H2,1-2H3. The van der Waals surface area contributed by atoms with Crippen molar-refractivity contribution in [3.63, 3.8) is 0 Å². The molecule has 3 rings (SSSR count). The molecule has 4 heteroatoms. The maximum atomic E-state index is 5.40. The van der Waals surface area contributed by atoms with Gasteiger partial charge in [0.15, 0.2) is 11.5 Å². The number of hydrogen-bond donors (Lipinski definition) is 1. The number of methoxy groups -OCH3 is 2. The summed E-state index contributed by atoms with van der Waals surface area (Å²) in [5, 5.41) is 3.44. The smallest absolute Gasteiger partial charge is 0.161 e. The first-order valence-electron chi connectivity index (χ1n) is 6.69. The molecule has 0 aliphatic carbocycles. The minimum Gasteiger partial charge on any atom is -0.493 e. The van der Waals surface area contributed by atoms with Gasteiger partial charge in [0.2, 0.25) is 0 Å². The summed E-state index contributed by atoms with van der Waals surface area (Å²) < 4.78 is 10.7. The van der Waals surface area contributed by atoms with Gasteiger partial charge in [-0.25, -0.2) is 0 Å². The second-order valence-corrected chi connectivity index (χ2v) is 4.87. The van der Waals surface area contributed by atoms with Crippen molar-refractivity contribution in [3.05, 3.63) is 53.3 Å². The number of ether oxygens (including phenoxy) is 2. The highest BCUT2D eigenvalue weighted by Gasteiger charge is 2.22. The zero-order chi connectivity index (χ0) is 13.9. The van der Waals surface area contributed by atoms with Gasteiger partial charge in [0.1, 0.15) is 0 Å². The minimum atomic E-state index is 0.321. The Morgan fingerprint density at radius 3 is 2.80 bits per heavy atom. The number of rotatable bonds is 3. The lowest BCUT2D eigenvalue weighted by molar-refractivity contribution is 0.354. The molecule has 0 fully saturated rings. The molecule has 0 spiro atoms. The topological polar surface area (TPSA) is 43.4 Å². The summed E-state index contributed by atoms with van der Waals surface area (Å²) >= 11 is 0. The number of hydrogen-bond acceptors (Lipinski definition) is 4. The molecule has 4 nitrogen and oxygen atoms in total. The second kappa shape index (κ2) is 5.51. The van der Waals surface area contributed by atoms with E-state index in [1.54, 1.807) is 14.2 Å². The first-order valence-corrected chi connectivity index (χ1v) is 6.69. The van der Waals surface area contributed by atoms with Gasteiger partial charge in [0, 0.05) is 31.4 Å². The summed E-state index contributed by atoms with van der Waals surface area (Å²) in [5.41, 5.74) is 3.83. The van der Waals surface area contributed by atoms with E-state index in [1.807, 2.05) is 18.5 Å². The molecule has 2 aromatic rings. The van der Waals surface area contributed by atoms with E-state index in [0.29, 0.717) is 5.92 Å². The SMILES string of the molecule is COc1ccc(C2CNCc3cnccc32)cc1OC. The van der Waals surface area contributed by atoms with Crippen molar-refractivity contribution in [1.29, 1.82) is 0 Å². The minimum absolute atomic E-state index is 0.321. The van der Waals surface area contributed by atoms with Gasteiger partial charge in [0.05, 0.1) is 14.2 Å². The third-order valence-electron chi connectivity index (χ3n) is 3.79. The monoisotopic (exact) mass is 270 g/mol. The lowest BCUT2D eigenvalue weighted by Crippen LogP contribution is -2.28. The Bertz CT molecular complexity index is 613. The maximum absolute atomic E-state index is 5.40. The summed E-state index contributed by atoms with van der Waals surface area (Å²) in [6, 6.07) is 8.23. The molecule has 1 aromatic carbocycles. The van der Waals surface area contributed by atoms with Crippen molar-refractivity contribution in [3.8, 4) is 11.5 Å². The summed E-state index contributed by atoms with van der Waals surface area (Å²) in [5.74, 6) is 1.85. The van der Waals surface area contributed by atoms with Gasteiger partial charge in [-0.05, 0) is 34.9 Å². The third kappa shape index (κ3) is 2.23. The fourth-order valence-electron chi connectivity index (χ4n) is 2.75. The van der Waals surface area contributed by atoms with E-state index < -0.39 is 0 Å². The normalized spacial score (nSPS) is 17.4. The van der Waals surface area contributed by atoms with Crippen LogP contribution in [0.3, 0.4) is 0 Å². The molecule has 104 valence electrons. The van der Waals surface area contributed by atoms with Crippen LogP contribution in [0.1, 0.15) is 22.6 Å². The molecule has 0 saturated carbocycles. The molecule has 0 bridgehead atoms. The summed E-state index contributed by atoms with van der Waals surface area (Å²) in [6.07, 6.45) is 3.80. The predicted octanol–water partition coefficient (Wildman–Crippen LogP) is 2.33. The van der Waals surface area contributed by atoms with Gasteiger partial charge in [-0.3, -0.25) is 4.98 Å². The van der Waals surface area contributed by atoms with E-state index in [9.17, 15) is 0 Å². The average molecular weight is 270 g/mol. The van der Waals surface area contributed by atoms with E-state index in [-0.39, 0.29) is 0 Å². The van der Waals surface area contributed by atoms with Crippen LogP contribution in [-0.2, 0) is 6.54 Å². The number of benzene rings is 1. The van der Waals surface area contributed by atoms with E-state index in [4.69, 9.17) is 9.47 Å². The van der Waals surface area contributed by atoms with Gasteiger partial charge in [-0.1, -0.05) is 6.07 Å². The highest BCUT2D eigenvalue weighted by atomic mass is 16.5. The molecule has 1 unspecified atom stereocenters. The Morgan fingerprint density at radius 2 is 2.00 bits per heavy atom. The highest BCUT2D eigenvalue weighted by molar-refractivity contribution is 5.47. The number of pyridine rings is 1. The van der Waals surface area contributed by atoms with Crippen LogP contribution in [0.4, 0.5) is 0 Å². The van der Waals surface area contributed by atoms with Crippen molar-refractivity contribution >= 4 is 0 Å². The summed E-state index contributed by atoms with van der Waals surface area (Å²) in [4.78, 5) is 4.20. The number of aromatic nitrogens is 1. The maximum Gasteiger partial charge on any atom is 0.161 e. The quantitative estimate of drug-likeness (QED) is 0.929. The molecule has 0 radical (unpaired) electrons. The van der Waals surface area contributed by atoms with Gasteiger partial charge in [-0.2, -0.15) is 0 Å². The van der Waals surface area contributed by atoms with Crippen LogP contribution in [-0.4, -0.2) is 25.7 Å².